The van der Waals surface area contributed by atoms with Gasteiger partial charge >= 0.3 is 5.69 Å². The summed E-state index contributed by atoms with van der Waals surface area (Å²) in [6.45, 7) is 0. The fourth-order valence-corrected chi connectivity index (χ4v) is 2.37. The van der Waals surface area contributed by atoms with E-state index in [1.54, 1.807) is 5.38 Å². The molecule has 0 amide bonds. The lowest BCUT2D eigenvalue weighted by atomic mass is 10.2. The summed E-state index contributed by atoms with van der Waals surface area (Å²) >= 11 is 6.81. The lowest BCUT2D eigenvalue weighted by molar-refractivity contribution is -0.387. The van der Waals surface area contributed by atoms with E-state index in [9.17, 15) is 14.5 Å². The molecule has 0 aliphatic carbocycles. The number of benzene rings is 1. The van der Waals surface area contributed by atoms with Crippen LogP contribution in [0.5, 0.6) is 0 Å². The SMILES string of the molecule is O=[N+]([O-])c1ccc2c(Cl)csc2c1F. The molecule has 0 N–H and O–H groups in total. The van der Waals surface area contributed by atoms with Gasteiger partial charge in [0.25, 0.3) is 0 Å². The molecule has 0 saturated carbocycles. The number of fused-ring (bicyclic) bond motifs is 1. The van der Waals surface area contributed by atoms with Crippen molar-refractivity contribution in [1.82, 2.24) is 0 Å². The van der Waals surface area contributed by atoms with Crippen LogP contribution >= 0.6 is 22.9 Å². The highest BCUT2D eigenvalue weighted by Crippen LogP contribution is 2.35. The molecule has 0 saturated heterocycles. The fraction of sp³-hybridized carbons (Fsp3) is 0. The average molecular weight is 232 g/mol. The van der Waals surface area contributed by atoms with Crippen LogP contribution in [0.3, 0.4) is 0 Å². The molecule has 0 unspecified atom stereocenters. The lowest BCUT2D eigenvalue weighted by Gasteiger charge is -1.94. The number of thiophene rings is 1. The van der Waals surface area contributed by atoms with Crippen LogP contribution in [0.1, 0.15) is 0 Å². The zero-order valence-electron chi connectivity index (χ0n) is 6.66. The zero-order valence-corrected chi connectivity index (χ0v) is 8.23. The minimum absolute atomic E-state index is 0.226. The highest BCUT2D eigenvalue weighted by molar-refractivity contribution is 7.17. The summed E-state index contributed by atoms with van der Waals surface area (Å²) < 4.78 is 13.7. The van der Waals surface area contributed by atoms with E-state index < -0.39 is 16.4 Å². The van der Waals surface area contributed by atoms with Crippen LogP contribution in [-0.4, -0.2) is 4.92 Å². The van der Waals surface area contributed by atoms with E-state index in [1.807, 2.05) is 0 Å². The topological polar surface area (TPSA) is 43.1 Å². The van der Waals surface area contributed by atoms with Crippen LogP contribution in [0, 0.1) is 15.9 Å². The van der Waals surface area contributed by atoms with Gasteiger partial charge in [-0.15, -0.1) is 11.3 Å². The van der Waals surface area contributed by atoms with Gasteiger partial charge in [-0.2, -0.15) is 4.39 Å². The summed E-state index contributed by atoms with van der Waals surface area (Å²) in [6, 6.07) is 2.58. The molecule has 72 valence electrons. The number of halogens is 2. The number of nitrogens with zero attached hydrogens (tertiary/aromatic N) is 1. The van der Waals surface area contributed by atoms with E-state index in [-0.39, 0.29) is 4.70 Å². The molecular formula is C8H3ClFNO2S. The van der Waals surface area contributed by atoms with Gasteiger partial charge in [-0.25, -0.2) is 0 Å². The van der Waals surface area contributed by atoms with E-state index >= 15 is 0 Å². The van der Waals surface area contributed by atoms with Crippen LogP contribution in [0.25, 0.3) is 10.1 Å². The maximum atomic E-state index is 13.4. The lowest BCUT2D eigenvalue weighted by Crippen LogP contribution is -1.91. The van der Waals surface area contributed by atoms with Gasteiger partial charge in [0.1, 0.15) is 0 Å². The number of hydrogen-bond donors (Lipinski definition) is 0. The summed E-state index contributed by atoms with van der Waals surface area (Å²) in [5, 5.41) is 12.9. The van der Waals surface area contributed by atoms with Crippen molar-refractivity contribution >= 4 is 38.7 Å². The predicted octanol–water partition coefficient (Wildman–Crippen LogP) is 3.60. The molecule has 2 rings (SSSR count). The van der Waals surface area contributed by atoms with Gasteiger partial charge in [0, 0.05) is 16.8 Å². The largest absolute Gasteiger partial charge is 0.306 e. The first-order valence-electron chi connectivity index (χ1n) is 3.61. The van der Waals surface area contributed by atoms with E-state index in [1.165, 1.54) is 6.07 Å². The number of hydrogen-bond acceptors (Lipinski definition) is 3. The van der Waals surface area contributed by atoms with Crippen molar-refractivity contribution in [3.8, 4) is 0 Å². The number of nitro groups is 1. The smallest absolute Gasteiger partial charge is 0.258 e. The molecule has 3 nitrogen and oxygen atoms in total. The molecule has 0 bridgehead atoms. The first kappa shape index (κ1) is 9.36. The molecule has 6 heteroatoms. The second-order valence-electron chi connectivity index (χ2n) is 2.62. The molecule has 2 aromatic rings. The van der Waals surface area contributed by atoms with Gasteiger partial charge in [0.15, 0.2) is 0 Å². The Morgan fingerprint density at radius 3 is 2.86 bits per heavy atom. The van der Waals surface area contributed by atoms with Gasteiger partial charge in [-0.3, -0.25) is 10.1 Å². The van der Waals surface area contributed by atoms with E-state index in [0.29, 0.717) is 10.4 Å². The Bertz CT molecular complexity index is 525. The van der Waals surface area contributed by atoms with Gasteiger partial charge < -0.3 is 0 Å². The first-order chi connectivity index (χ1) is 6.61. The Hall–Kier alpha value is -1.20. The fourth-order valence-electron chi connectivity index (χ4n) is 1.16. The van der Waals surface area contributed by atoms with Crippen LogP contribution in [0.15, 0.2) is 17.5 Å². The third kappa shape index (κ3) is 1.25. The van der Waals surface area contributed by atoms with Crippen molar-refractivity contribution in [2.24, 2.45) is 0 Å². The van der Waals surface area contributed by atoms with Crippen LogP contribution in [0.2, 0.25) is 5.02 Å². The zero-order chi connectivity index (χ0) is 10.3. The summed E-state index contributed by atoms with van der Waals surface area (Å²) in [5.74, 6) is -0.815. The van der Waals surface area contributed by atoms with Crippen LogP contribution in [0.4, 0.5) is 10.1 Å². The normalized spacial score (nSPS) is 10.7. The van der Waals surface area contributed by atoms with Gasteiger partial charge in [0.2, 0.25) is 5.82 Å². The second-order valence-corrected chi connectivity index (χ2v) is 3.90. The molecule has 1 heterocycles. The molecular weight excluding hydrogens is 229 g/mol. The minimum atomic E-state index is -0.815. The minimum Gasteiger partial charge on any atom is -0.258 e. The maximum absolute atomic E-state index is 13.4. The third-order valence-corrected chi connectivity index (χ3v) is 3.24. The Kier molecular flexibility index (Phi) is 2.13. The molecule has 0 atom stereocenters. The molecule has 1 aromatic heterocycles. The van der Waals surface area contributed by atoms with E-state index in [2.05, 4.69) is 0 Å². The third-order valence-electron chi connectivity index (χ3n) is 1.81. The Balaban J connectivity index is 2.82. The molecule has 0 aliphatic rings. The Labute approximate surface area is 86.9 Å². The number of nitro benzene ring substituents is 1. The van der Waals surface area contributed by atoms with Gasteiger partial charge in [0.05, 0.1) is 14.6 Å². The summed E-state index contributed by atoms with van der Waals surface area (Å²) in [7, 11) is 0. The maximum Gasteiger partial charge on any atom is 0.306 e. The molecule has 1 aromatic carbocycles. The molecule has 0 aliphatic heterocycles. The molecule has 14 heavy (non-hydrogen) atoms. The molecule has 0 fully saturated rings. The standard InChI is InChI=1S/C8H3ClFNO2S/c9-5-3-14-8-4(5)1-2-6(7(8)10)11(12)13/h1-3H. The summed E-state index contributed by atoms with van der Waals surface area (Å²) in [5.41, 5.74) is -0.518. The van der Waals surface area contributed by atoms with Crippen molar-refractivity contribution in [1.29, 1.82) is 0 Å². The van der Waals surface area contributed by atoms with E-state index in [4.69, 9.17) is 11.6 Å². The highest BCUT2D eigenvalue weighted by Gasteiger charge is 2.18. The molecule has 0 spiro atoms. The quantitative estimate of drug-likeness (QED) is 0.556. The van der Waals surface area contributed by atoms with Crippen molar-refractivity contribution in [2.45, 2.75) is 0 Å². The monoisotopic (exact) mass is 231 g/mol. The van der Waals surface area contributed by atoms with Gasteiger partial charge in [-0.05, 0) is 6.07 Å². The highest BCUT2D eigenvalue weighted by atomic mass is 35.5. The Morgan fingerprint density at radius 2 is 2.21 bits per heavy atom. The Morgan fingerprint density at radius 1 is 1.50 bits per heavy atom. The summed E-state index contributed by atoms with van der Waals surface area (Å²) in [4.78, 5) is 9.66. The van der Waals surface area contributed by atoms with Crippen LogP contribution in [-0.2, 0) is 0 Å². The first-order valence-corrected chi connectivity index (χ1v) is 4.86. The van der Waals surface area contributed by atoms with Crippen LogP contribution < -0.4 is 0 Å². The molecule has 0 radical (unpaired) electrons. The predicted molar refractivity (Wildman–Crippen MR) is 53.4 cm³/mol. The second kappa shape index (κ2) is 3.18. The van der Waals surface area contributed by atoms with E-state index in [0.717, 1.165) is 17.4 Å². The van der Waals surface area contributed by atoms with Crippen molar-refractivity contribution in [2.75, 3.05) is 0 Å². The van der Waals surface area contributed by atoms with Crippen molar-refractivity contribution < 1.29 is 9.31 Å². The van der Waals surface area contributed by atoms with Crippen molar-refractivity contribution in [3.63, 3.8) is 0 Å². The summed E-state index contributed by atoms with van der Waals surface area (Å²) in [6.07, 6.45) is 0. The number of rotatable bonds is 1. The van der Waals surface area contributed by atoms with Gasteiger partial charge in [-0.1, -0.05) is 11.6 Å². The average Bonchev–Trinajstić information content (AvgIpc) is 2.49. The van der Waals surface area contributed by atoms with Crippen molar-refractivity contribution in [3.05, 3.63) is 38.5 Å².